The Morgan fingerprint density at radius 1 is 1.17 bits per heavy atom. The number of aliphatic imine (C=N–C) groups is 1. The van der Waals surface area contributed by atoms with Crippen molar-refractivity contribution < 1.29 is 17.9 Å². The first-order valence-electron chi connectivity index (χ1n) is 8.16. The van der Waals surface area contributed by atoms with Crippen LogP contribution in [-0.2, 0) is 12.0 Å². The lowest BCUT2D eigenvalue weighted by Crippen LogP contribution is -2.50. The third kappa shape index (κ3) is 4.85. The lowest BCUT2D eigenvalue weighted by atomic mass is 9.95. The Labute approximate surface area is 175 Å². The zero-order chi connectivity index (χ0) is 20.5. The highest BCUT2D eigenvalue weighted by atomic mass is 35.5. The topological polar surface area (TPSA) is 124 Å². The smallest absolute Gasteiger partial charge is 0.417 e. The van der Waals surface area contributed by atoms with Crippen LogP contribution < -0.4 is 32.8 Å². The Balaban J connectivity index is 0.00000300. The van der Waals surface area contributed by atoms with Gasteiger partial charge >= 0.3 is 6.18 Å². The number of guanidine groups is 1. The predicted molar refractivity (Wildman–Crippen MR) is 107 cm³/mol. The molecule has 7 nitrogen and oxygen atoms in total. The molecular weight excluding hydrogens is 432 g/mol. The third-order valence-corrected chi connectivity index (χ3v) is 4.34. The second-order valence-corrected chi connectivity index (χ2v) is 6.46. The monoisotopic (exact) mass is 450 g/mol. The number of alkyl halides is 3. The number of benzene rings is 2. The second-order valence-electron chi connectivity index (χ2n) is 6.05. The molecule has 0 radical (unpaired) electrons. The minimum Gasteiger partial charge on any atom is -0.492 e. The van der Waals surface area contributed by atoms with E-state index in [9.17, 15) is 13.2 Å². The number of hydrazine groups is 1. The van der Waals surface area contributed by atoms with Gasteiger partial charge in [-0.05, 0) is 29.8 Å². The zero-order valence-corrected chi connectivity index (χ0v) is 16.5. The number of hydrogen-bond acceptors (Lipinski definition) is 7. The Bertz CT molecular complexity index is 907. The van der Waals surface area contributed by atoms with Gasteiger partial charge in [-0.2, -0.15) is 18.6 Å². The van der Waals surface area contributed by atoms with E-state index in [1.807, 2.05) is 0 Å². The molecule has 0 bridgehead atoms. The van der Waals surface area contributed by atoms with E-state index in [1.165, 1.54) is 18.2 Å². The lowest BCUT2D eigenvalue weighted by Gasteiger charge is -2.24. The van der Waals surface area contributed by atoms with Gasteiger partial charge in [-0.15, -0.1) is 12.4 Å². The van der Waals surface area contributed by atoms with Gasteiger partial charge in [0, 0.05) is 22.7 Å². The molecule has 0 saturated heterocycles. The van der Waals surface area contributed by atoms with Crippen molar-refractivity contribution in [2.75, 3.05) is 13.2 Å². The maximum atomic E-state index is 13.8. The molecule has 2 aromatic carbocycles. The summed E-state index contributed by atoms with van der Waals surface area (Å²) in [5, 5.41) is -0.132. The molecule has 0 amide bonds. The van der Waals surface area contributed by atoms with Crippen molar-refractivity contribution in [1.29, 1.82) is 0 Å². The van der Waals surface area contributed by atoms with E-state index in [0.29, 0.717) is 18.9 Å². The molecule has 0 fully saturated rings. The number of halogens is 5. The first kappa shape index (κ1) is 23.0. The fraction of sp³-hybridized carbons (Fsp3) is 0.235. The van der Waals surface area contributed by atoms with E-state index in [1.54, 1.807) is 12.1 Å². The number of nitrogens with one attached hydrogen (secondary N) is 2. The van der Waals surface area contributed by atoms with E-state index in [2.05, 4.69) is 15.8 Å². The third-order valence-electron chi connectivity index (χ3n) is 4.04. The van der Waals surface area contributed by atoms with E-state index in [0.717, 1.165) is 6.07 Å². The summed E-state index contributed by atoms with van der Waals surface area (Å²) in [6.07, 6.45) is -4.68. The van der Waals surface area contributed by atoms with E-state index in [4.69, 9.17) is 33.5 Å². The van der Waals surface area contributed by atoms with E-state index >= 15 is 0 Å². The van der Waals surface area contributed by atoms with Crippen LogP contribution in [0.15, 0.2) is 41.4 Å². The molecule has 1 atom stereocenters. The first-order valence-corrected chi connectivity index (χ1v) is 8.54. The fourth-order valence-electron chi connectivity index (χ4n) is 2.78. The van der Waals surface area contributed by atoms with Gasteiger partial charge in [0.25, 0.3) is 0 Å². The van der Waals surface area contributed by atoms with Crippen molar-refractivity contribution >= 4 is 30.0 Å². The summed E-state index contributed by atoms with van der Waals surface area (Å²) >= 11 is 6.24. The summed E-state index contributed by atoms with van der Waals surface area (Å²) in [6.45, 7) is 0.621. The SMILES string of the molecule is Cl.NCCOc1ccc(-c2c(Cl)cc(C3(N)N=C(N)NN3)cc2C(F)(F)F)cc1. The van der Waals surface area contributed by atoms with Crippen LogP contribution in [-0.4, -0.2) is 19.1 Å². The second kappa shape index (κ2) is 8.64. The van der Waals surface area contributed by atoms with Gasteiger partial charge in [0.05, 0.1) is 5.56 Å². The van der Waals surface area contributed by atoms with Gasteiger partial charge < -0.3 is 16.2 Å². The van der Waals surface area contributed by atoms with Crippen molar-refractivity contribution in [3.8, 4) is 16.9 Å². The predicted octanol–water partition coefficient (Wildman–Crippen LogP) is 2.28. The van der Waals surface area contributed by atoms with E-state index in [-0.39, 0.29) is 40.1 Å². The van der Waals surface area contributed by atoms with Crippen molar-refractivity contribution in [2.45, 2.75) is 12.0 Å². The molecule has 0 spiro atoms. The fourth-order valence-corrected chi connectivity index (χ4v) is 3.11. The molecule has 12 heteroatoms. The molecule has 1 aliphatic heterocycles. The number of rotatable bonds is 5. The summed E-state index contributed by atoms with van der Waals surface area (Å²) in [5.74, 6) is -1.24. The Kier molecular flexibility index (Phi) is 6.86. The number of ether oxygens (including phenoxy) is 1. The minimum atomic E-state index is -4.68. The normalized spacial score (nSPS) is 18.6. The van der Waals surface area contributed by atoms with Crippen molar-refractivity contribution in [2.24, 2.45) is 22.2 Å². The van der Waals surface area contributed by atoms with Gasteiger partial charge in [0.1, 0.15) is 12.4 Å². The molecule has 29 heavy (non-hydrogen) atoms. The first-order chi connectivity index (χ1) is 13.1. The van der Waals surface area contributed by atoms with Crippen LogP contribution in [0, 0.1) is 0 Å². The quantitative estimate of drug-likeness (QED) is 0.475. The molecule has 0 aliphatic carbocycles. The van der Waals surface area contributed by atoms with Gasteiger partial charge in [-0.3, -0.25) is 11.2 Å². The molecule has 1 aliphatic rings. The molecule has 1 unspecified atom stereocenters. The van der Waals surface area contributed by atoms with Gasteiger partial charge in [-0.1, -0.05) is 23.7 Å². The van der Waals surface area contributed by atoms with Gasteiger partial charge in [-0.25, -0.2) is 4.99 Å². The van der Waals surface area contributed by atoms with Crippen LogP contribution in [0.2, 0.25) is 5.02 Å². The largest absolute Gasteiger partial charge is 0.492 e. The summed E-state index contributed by atoms with van der Waals surface area (Å²) in [5.41, 5.74) is 21.0. The summed E-state index contributed by atoms with van der Waals surface area (Å²) in [6, 6.07) is 8.30. The highest BCUT2D eigenvalue weighted by molar-refractivity contribution is 6.33. The highest BCUT2D eigenvalue weighted by Gasteiger charge is 2.39. The maximum Gasteiger partial charge on any atom is 0.417 e. The van der Waals surface area contributed by atoms with Crippen LogP contribution in [0.25, 0.3) is 11.1 Å². The lowest BCUT2D eigenvalue weighted by molar-refractivity contribution is -0.137. The van der Waals surface area contributed by atoms with Crippen molar-refractivity contribution in [3.05, 3.63) is 52.5 Å². The minimum absolute atomic E-state index is 0. The summed E-state index contributed by atoms with van der Waals surface area (Å²) in [4.78, 5) is 3.89. The van der Waals surface area contributed by atoms with Gasteiger partial charge in [0.2, 0.25) is 11.7 Å². The molecule has 1 heterocycles. The standard InChI is InChI=1S/C17H18ClF3N6O.ClH/c18-13-8-10(17(24)25-15(23)26-27-17)7-12(16(19,20)21)14(13)9-1-3-11(4-2-9)28-6-5-22;/h1-4,7-8,27H,5-6,22,24H2,(H3,23,25,26);1H. The number of hydrogen-bond donors (Lipinski definition) is 5. The summed E-state index contributed by atoms with van der Waals surface area (Å²) < 4.78 is 46.7. The molecule has 158 valence electrons. The van der Waals surface area contributed by atoms with Crippen LogP contribution in [0.4, 0.5) is 13.2 Å². The Hall–Kier alpha value is -2.24. The molecule has 8 N–H and O–H groups in total. The van der Waals surface area contributed by atoms with Crippen molar-refractivity contribution in [1.82, 2.24) is 10.9 Å². The molecule has 2 aromatic rings. The average Bonchev–Trinajstić information content (AvgIpc) is 2.99. The van der Waals surface area contributed by atoms with Crippen LogP contribution in [0.5, 0.6) is 5.75 Å². The van der Waals surface area contributed by atoms with Crippen molar-refractivity contribution in [3.63, 3.8) is 0 Å². The van der Waals surface area contributed by atoms with Crippen LogP contribution in [0.3, 0.4) is 0 Å². The highest BCUT2D eigenvalue weighted by Crippen LogP contribution is 2.43. The Morgan fingerprint density at radius 3 is 2.34 bits per heavy atom. The number of nitrogens with two attached hydrogens (primary N) is 3. The number of nitrogens with zero attached hydrogens (tertiary/aromatic N) is 1. The maximum absolute atomic E-state index is 13.8. The average molecular weight is 451 g/mol. The zero-order valence-electron chi connectivity index (χ0n) is 14.9. The van der Waals surface area contributed by atoms with E-state index < -0.39 is 17.5 Å². The molecule has 0 aromatic heterocycles. The van der Waals surface area contributed by atoms with Crippen LogP contribution >= 0.6 is 24.0 Å². The summed E-state index contributed by atoms with van der Waals surface area (Å²) in [7, 11) is 0. The van der Waals surface area contributed by atoms with Gasteiger partial charge in [0.15, 0.2) is 0 Å². The Morgan fingerprint density at radius 2 is 1.83 bits per heavy atom. The molecule has 3 rings (SSSR count). The molecule has 0 saturated carbocycles. The molecular formula is C17H19Cl2F3N6O. The van der Waals surface area contributed by atoms with Crippen LogP contribution in [0.1, 0.15) is 11.1 Å².